The van der Waals surface area contributed by atoms with Gasteiger partial charge in [-0.3, -0.25) is 4.90 Å². The maximum Gasteiger partial charge on any atom is 0.142 e. The molecule has 2 heterocycles. The first-order chi connectivity index (χ1) is 8.11. The zero-order chi connectivity index (χ0) is 12.3. The number of nitrogens with one attached hydrogen (secondary N) is 1. The second-order valence-electron chi connectivity index (χ2n) is 5.40. The Morgan fingerprint density at radius 2 is 2.12 bits per heavy atom. The average molecular weight is 234 g/mol. The minimum absolute atomic E-state index is 0.181. The molecule has 0 aliphatic carbocycles. The highest BCUT2D eigenvalue weighted by molar-refractivity contribution is 4.95. The number of piperazine rings is 1. The zero-order valence-corrected chi connectivity index (χ0v) is 11.0. The minimum atomic E-state index is 0.181. The molecule has 1 aliphatic heterocycles. The van der Waals surface area contributed by atoms with E-state index < -0.39 is 0 Å². The van der Waals surface area contributed by atoms with E-state index in [-0.39, 0.29) is 5.54 Å². The van der Waals surface area contributed by atoms with Gasteiger partial charge in [-0.25, -0.2) is 9.97 Å². The zero-order valence-electron chi connectivity index (χ0n) is 11.0. The first-order valence-electron chi connectivity index (χ1n) is 6.36. The van der Waals surface area contributed by atoms with Gasteiger partial charge in [0, 0.05) is 37.1 Å². The van der Waals surface area contributed by atoms with Crippen LogP contribution in [0.15, 0.2) is 18.5 Å². The lowest BCUT2D eigenvalue weighted by atomic mass is 9.97. The Kier molecular flexibility index (Phi) is 3.74. The quantitative estimate of drug-likeness (QED) is 0.859. The molecule has 1 aromatic rings. The van der Waals surface area contributed by atoms with Crippen LogP contribution in [0, 0.1) is 0 Å². The van der Waals surface area contributed by atoms with Gasteiger partial charge in [-0.05, 0) is 26.3 Å². The van der Waals surface area contributed by atoms with Crippen LogP contribution in [-0.2, 0) is 6.54 Å². The van der Waals surface area contributed by atoms with Gasteiger partial charge < -0.3 is 5.32 Å². The van der Waals surface area contributed by atoms with Gasteiger partial charge in [0.25, 0.3) is 0 Å². The van der Waals surface area contributed by atoms with E-state index in [1.165, 1.54) is 0 Å². The van der Waals surface area contributed by atoms with Crippen molar-refractivity contribution < 1.29 is 0 Å². The Morgan fingerprint density at radius 3 is 2.76 bits per heavy atom. The molecule has 4 heteroatoms. The molecule has 1 saturated heterocycles. The molecule has 0 saturated carbocycles. The van der Waals surface area contributed by atoms with Gasteiger partial charge >= 0.3 is 0 Å². The van der Waals surface area contributed by atoms with Gasteiger partial charge in [-0.1, -0.05) is 6.92 Å². The first-order valence-corrected chi connectivity index (χ1v) is 6.36. The lowest BCUT2D eigenvalue weighted by Crippen LogP contribution is -2.61. The molecule has 17 heavy (non-hydrogen) atoms. The van der Waals surface area contributed by atoms with E-state index in [2.05, 4.69) is 41.0 Å². The van der Waals surface area contributed by atoms with Crippen LogP contribution in [0.1, 0.15) is 33.0 Å². The normalized spacial score (nSPS) is 24.8. The monoisotopic (exact) mass is 234 g/mol. The molecule has 1 aromatic heterocycles. The van der Waals surface area contributed by atoms with E-state index >= 15 is 0 Å². The first kappa shape index (κ1) is 12.5. The Hall–Kier alpha value is -1.00. The lowest BCUT2D eigenvalue weighted by molar-refractivity contribution is 0.0834. The highest BCUT2D eigenvalue weighted by Gasteiger charge is 2.31. The van der Waals surface area contributed by atoms with Crippen LogP contribution >= 0.6 is 0 Å². The number of aromatic nitrogens is 2. The molecule has 94 valence electrons. The van der Waals surface area contributed by atoms with Crippen molar-refractivity contribution in [2.24, 2.45) is 0 Å². The van der Waals surface area contributed by atoms with Crippen molar-refractivity contribution in [1.29, 1.82) is 0 Å². The molecule has 1 fully saturated rings. The maximum atomic E-state index is 4.32. The van der Waals surface area contributed by atoms with Crippen LogP contribution in [0.25, 0.3) is 0 Å². The van der Waals surface area contributed by atoms with Gasteiger partial charge in [-0.15, -0.1) is 0 Å². The van der Waals surface area contributed by atoms with Crippen LogP contribution in [0.4, 0.5) is 0 Å². The molecule has 1 unspecified atom stereocenters. The molecular weight excluding hydrogens is 212 g/mol. The molecule has 2 rings (SSSR count). The fourth-order valence-corrected chi connectivity index (χ4v) is 2.40. The van der Waals surface area contributed by atoms with Crippen molar-refractivity contribution in [3.63, 3.8) is 0 Å². The second-order valence-corrected chi connectivity index (χ2v) is 5.40. The summed E-state index contributed by atoms with van der Waals surface area (Å²) in [5.74, 6) is 0.920. The van der Waals surface area contributed by atoms with Gasteiger partial charge in [0.05, 0.1) is 6.54 Å². The predicted octanol–water partition coefficient (Wildman–Crippen LogP) is 1.44. The molecule has 1 N–H and O–H groups in total. The summed E-state index contributed by atoms with van der Waals surface area (Å²) in [6.07, 6.45) is 4.79. The standard InChI is InChI=1S/C13H22N4/c1-4-11-8-16-13(2,3)10-17(11)9-12-14-6-5-7-15-12/h5-7,11,16H,4,8-10H2,1-3H3. The van der Waals surface area contributed by atoms with E-state index in [9.17, 15) is 0 Å². The molecule has 0 radical (unpaired) electrons. The Balaban J connectivity index is 2.06. The van der Waals surface area contributed by atoms with Crippen LogP contribution in [0.2, 0.25) is 0 Å². The summed E-state index contributed by atoms with van der Waals surface area (Å²) in [5.41, 5.74) is 0.181. The smallest absolute Gasteiger partial charge is 0.142 e. The summed E-state index contributed by atoms with van der Waals surface area (Å²) in [5, 5.41) is 3.59. The summed E-state index contributed by atoms with van der Waals surface area (Å²) in [6.45, 7) is 9.68. The Morgan fingerprint density at radius 1 is 1.41 bits per heavy atom. The van der Waals surface area contributed by atoms with Crippen molar-refractivity contribution in [2.75, 3.05) is 13.1 Å². The summed E-state index contributed by atoms with van der Waals surface area (Å²) in [4.78, 5) is 11.1. The minimum Gasteiger partial charge on any atom is -0.309 e. The predicted molar refractivity (Wildman–Crippen MR) is 68.6 cm³/mol. The van der Waals surface area contributed by atoms with Crippen LogP contribution < -0.4 is 5.32 Å². The highest BCUT2D eigenvalue weighted by atomic mass is 15.3. The summed E-state index contributed by atoms with van der Waals surface area (Å²) in [6, 6.07) is 2.45. The summed E-state index contributed by atoms with van der Waals surface area (Å²) in [7, 11) is 0. The third-order valence-electron chi connectivity index (χ3n) is 3.37. The number of hydrogen-bond acceptors (Lipinski definition) is 4. The number of rotatable bonds is 3. The maximum absolute atomic E-state index is 4.32. The average Bonchev–Trinajstić information content (AvgIpc) is 2.30. The lowest BCUT2D eigenvalue weighted by Gasteiger charge is -2.44. The topological polar surface area (TPSA) is 41.0 Å². The van der Waals surface area contributed by atoms with E-state index in [0.717, 1.165) is 31.9 Å². The fourth-order valence-electron chi connectivity index (χ4n) is 2.40. The van der Waals surface area contributed by atoms with Gasteiger partial charge in [0.1, 0.15) is 5.82 Å². The molecule has 0 bridgehead atoms. The van der Waals surface area contributed by atoms with E-state index in [1.54, 1.807) is 0 Å². The molecular formula is C13H22N4. The fraction of sp³-hybridized carbons (Fsp3) is 0.692. The summed E-state index contributed by atoms with van der Waals surface area (Å²) >= 11 is 0. The molecule has 1 atom stereocenters. The third kappa shape index (κ3) is 3.23. The Labute approximate surface area is 103 Å². The van der Waals surface area contributed by atoms with Crippen LogP contribution in [-0.4, -0.2) is 39.5 Å². The highest BCUT2D eigenvalue weighted by Crippen LogP contribution is 2.18. The van der Waals surface area contributed by atoms with Gasteiger partial charge in [0.2, 0.25) is 0 Å². The Bertz CT molecular complexity index is 350. The third-order valence-corrected chi connectivity index (χ3v) is 3.37. The number of nitrogens with zero attached hydrogens (tertiary/aromatic N) is 3. The van der Waals surface area contributed by atoms with Crippen molar-refractivity contribution in [3.05, 3.63) is 24.3 Å². The molecule has 1 aliphatic rings. The molecule has 0 aromatic carbocycles. The van der Waals surface area contributed by atoms with Crippen molar-refractivity contribution in [3.8, 4) is 0 Å². The molecule has 0 amide bonds. The van der Waals surface area contributed by atoms with Crippen LogP contribution in [0.3, 0.4) is 0 Å². The molecule has 0 spiro atoms. The second kappa shape index (κ2) is 5.10. The van der Waals surface area contributed by atoms with Crippen molar-refractivity contribution in [2.45, 2.75) is 45.3 Å². The number of hydrogen-bond donors (Lipinski definition) is 1. The summed E-state index contributed by atoms with van der Waals surface area (Å²) < 4.78 is 0. The van der Waals surface area contributed by atoms with Crippen molar-refractivity contribution in [1.82, 2.24) is 20.2 Å². The molecule has 4 nitrogen and oxygen atoms in total. The van der Waals surface area contributed by atoms with E-state index in [4.69, 9.17) is 0 Å². The van der Waals surface area contributed by atoms with Crippen LogP contribution in [0.5, 0.6) is 0 Å². The van der Waals surface area contributed by atoms with E-state index in [0.29, 0.717) is 6.04 Å². The van der Waals surface area contributed by atoms with Gasteiger partial charge in [0.15, 0.2) is 0 Å². The largest absolute Gasteiger partial charge is 0.309 e. The van der Waals surface area contributed by atoms with Gasteiger partial charge in [-0.2, -0.15) is 0 Å². The van der Waals surface area contributed by atoms with E-state index in [1.807, 2.05) is 18.5 Å². The SMILES string of the molecule is CCC1CNC(C)(C)CN1Cc1ncccn1. The van der Waals surface area contributed by atoms with Crippen molar-refractivity contribution >= 4 is 0 Å².